The highest BCUT2D eigenvalue weighted by molar-refractivity contribution is 7.99. The van der Waals surface area contributed by atoms with E-state index in [9.17, 15) is 9.59 Å². The van der Waals surface area contributed by atoms with Crippen molar-refractivity contribution in [2.75, 3.05) is 12.9 Å². The Bertz CT molecular complexity index is 1910. The molecule has 254 valence electrons. The van der Waals surface area contributed by atoms with Crippen LogP contribution in [0.5, 0.6) is 0 Å². The second-order valence-electron chi connectivity index (χ2n) is 12.8. The molecule has 7 heteroatoms. The monoisotopic (exact) mass is 681 g/mol. The molecule has 1 aromatic heterocycles. The number of methoxy groups -OCH3 is 1. The first-order valence-corrected chi connectivity index (χ1v) is 18.1. The van der Waals surface area contributed by atoms with Gasteiger partial charge >= 0.3 is 5.97 Å². The molecule has 0 aliphatic carbocycles. The Morgan fingerprint density at radius 2 is 1.32 bits per heavy atom. The van der Waals surface area contributed by atoms with E-state index in [1.165, 1.54) is 7.11 Å². The minimum Gasteiger partial charge on any atom is -0.467 e. The zero-order chi connectivity index (χ0) is 34.9. The number of rotatable bonds is 14. The van der Waals surface area contributed by atoms with Gasteiger partial charge in [0.15, 0.2) is 0 Å². The molecule has 6 rings (SSSR count). The number of nitrogens with one attached hydrogen (secondary N) is 1. The predicted octanol–water partition coefficient (Wildman–Crippen LogP) is 8.08. The summed E-state index contributed by atoms with van der Waals surface area (Å²) in [5.41, 5.74) is 4.24. The van der Waals surface area contributed by atoms with E-state index in [-0.39, 0.29) is 18.2 Å². The maximum atomic E-state index is 14.1. The summed E-state index contributed by atoms with van der Waals surface area (Å²) in [6.45, 7) is 4.26. The van der Waals surface area contributed by atoms with Crippen LogP contribution >= 0.6 is 11.8 Å². The first-order chi connectivity index (χ1) is 24.4. The molecule has 0 radical (unpaired) electrons. The van der Waals surface area contributed by atoms with Gasteiger partial charge in [-0.3, -0.25) is 4.79 Å². The standard InChI is InChI=1S/C43H43N3O3S/c1-31(2)50-29-34(26-33-18-15-17-32-16-13-14-25-39(32)33)41(47)45-40(42(48)49-3)27-38-28-46(30-44-38)43(35-19-7-4-8-20-35,36-21-9-5-10-22-36)37-23-11-6-12-24-37/h4-25,28,30-31,34,40H,26-27,29H2,1-3H3,(H,45,47)/t34-,40+/m1/s1. The largest absolute Gasteiger partial charge is 0.467 e. The molecular formula is C43H43N3O3S. The highest BCUT2D eigenvalue weighted by Gasteiger charge is 2.38. The molecule has 1 N–H and O–H groups in total. The first kappa shape index (κ1) is 34.7. The minimum absolute atomic E-state index is 0.173. The third kappa shape index (κ3) is 7.53. The lowest BCUT2D eigenvalue weighted by atomic mass is 9.77. The van der Waals surface area contributed by atoms with E-state index in [1.807, 2.05) is 85.3 Å². The molecule has 1 heterocycles. The number of carbonyl (C=O) groups excluding carboxylic acids is 2. The number of aromatic nitrogens is 2. The van der Waals surface area contributed by atoms with Crippen molar-refractivity contribution in [2.45, 2.75) is 43.5 Å². The number of benzene rings is 5. The van der Waals surface area contributed by atoms with Crippen LogP contribution in [0.1, 0.15) is 41.8 Å². The number of ether oxygens (including phenoxy) is 1. The molecule has 6 aromatic rings. The van der Waals surface area contributed by atoms with Gasteiger partial charge in [-0.05, 0) is 44.7 Å². The maximum Gasteiger partial charge on any atom is 0.328 e. The van der Waals surface area contributed by atoms with Crippen molar-refractivity contribution in [3.05, 3.63) is 174 Å². The number of carbonyl (C=O) groups is 2. The summed E-state index contributed by atoms with van der Waals surface area (Å²) >= 11 is 1.74. The predicted molar refractivity (Wildman–Crippen MR) is 203 cm³/mol. The Morgan fingerprint density at radius 3 is 1.90 bits per heavy atom. The van der Waals surface area contributed by atoms with E-state index < -0.39 is 17.6 Å². The summed E-state index contributed by atoms with van der Waals surface area (Å²) in [5, 5.41) is 5.71. The number of fused-ring (bicyclic) bond motifs is 1. The zero-order valence-electron chi connectivity index (χ0n) is 28.7. The van der Waals surface area contributed by atoms with Crippen molar-refractivity contribution in [1.82, 2.24) is 14.9 Å². The van der Waals surface area contributed by atoms with Crippen molar-refractivity contribution < 1.29 is 14.3 Å². The van der Waals surface area contributed by atoms with Gasteiger partial charge in [0.2, 0.25) is 5.91 Å². The molecule has 0 bridgehead atoms. The first-order valence-electron chi connectivity index (χ1n) is 17.1. The van der Waals surface area contributed by atoms with Crippen molar-refractivity contribution in [3.63, 3.8) is 0 Å². The van der Waals surface area contributed by atoms with Crippen LogP contribution in [-0.2, 0) is 32.7 Å². The van der Waals surface area contributed by atoms with Crippen molar-refractivity contribution in [2.24, 2.45) is 5.92 Å². The van der Waals surface area contributed by atoms with Crippen molar-refractivity contribution >= 4 is 34.4 Å². The van der Waals surface area contributed by atoms with Crippen LogP contribution in [0.2, 0.25) is 0 Å². The van der Waals surface area contributed by atoms with Gasteiger partial charge in [-0.15, -0.1) is 0 Å². The van der Waals surface area contributed by atoms with E-state index in [0.29, 0.717) is 23.1 Å². The number of esters is 1. The van der Waals surface area contributed by atoms with Gasteiger partial charge in [0, 0.05) is 18.4 Å². The van der Waals surface area contributed by atoms with Crippen LogP contribution in [-0.4, -0.2) is 45.6 Å². The second kappa shape index (κ2) is 16.0. The molecule has 2 atom stereocenters. The van der Waals surface area contributed by atoms with Gasteiger partial charge in [-0.2, -0.15) is 11.8 Å². The van der Waals surface area contributed by atoms with Crippen LogP contribution in [0.25, 0.3) is 10.8 Å². The molecule has 6 nitrogen and oxygen atoms in total. The van der Waals surface area contributed by atoms with Crippen molar-refractivity contribution in [1.29, 1.82) is 0 Å². The van der Waals surface area contributed by atoms with E-state index in [2.05, 4.69) is 84.4 Å². The lowest BCUT2D eigenvalue weighted by Gasteiger charge is -2.37. The van der Waals surface area contributed by atoms with Crippen LogP contribution in [0.4, 0.5) is 0 Å². The van der Waals surface area contributed by atoms with Crippen LogP contribution in [0, 0.1) is 5.92 Å². The number of thioether (sulfide) groups is 1. The van der Waals surface area contributed by atoms with E-state index >= 15 is 0 Å². The van der Waals surface area contributed by atoms with Crippen LogP contribution in [0.3, 0.4) is 0 Å². The SMILES string of the molecule is COC(=O)[C@H](Cc1cn(C(c2ccccc2)(c2ccccc2)c2ccccc2)cn1)NC(=O)[C@@H](CSC(C)C)Cc1cccc2ccccc12. The van der Waals surface area contributed by atoms with Crippen LogP contribution < -0.4 is 5.32 Å². The second-order valence-corrected chi connectivity index (χ2v) is 14.4. The molecule has 1 amide bonds. The van der Waals surface area contributed by atoms with Gasteiger partial charge in [-0.1, -0.05) is 147 Å². The molecule has 50 heavy (non-hydrogen) atoms. The quantitative estimate of drug-likeness (QED) is 0.0930. The highest BCUT2D eigenvalue weighted by atomic mass is 32.2. The summed E-state index contributed by atoms with van der Waals surface area (Å²) in [5.74, 6) is -0.398. The van der Waals surface area contributed by atoms with E-state index in [1.54, 1.807) is 11.8 Å². The number of hydrogen-bond donors (Lipinski definition) is 1. The fourth-order valence-electron chi connectivity index (χ4n) is 6.74. The Balaban J connectivity index is 1.33. The Kier molecular flexibility index (Phi) is 11.1. The third-order valence-corrected chi connectivity index (χ3v) is 10.4. The van der Waals surface area contributed by atoms with Gasteiger partial charge in [0.25, 0.3) is 0 Å². The molecule has 0 aliphatic rings. The van der Waals surface area contributed by atoms with Gasteiger partial charge < -0.3 is 14.6 Å². The molecule has 0 unspecified atom stereocenters. The summed E-state index contributed by atoms with van der Waals surface area (Å²) in [6.07, 6.45) is 4.54. The van der Waals surface area contributed by atoms with Crippen LogP contribution in [0.15, 0.2) is 146 Å². The van der Waals surface area contributed by atoms with Gasteiger partial charge in [0.05, 0.1) is 25.0 Å². The average molecular weight is 682 g/mol. The Labute approximate surface area is 298 Å². The fourth-order valence-corrected chi connectivity index (χ4v) is 7.63. The molecule has 0 spiro atoms. The molecule has 0 fully saturated rings. The van der Waals surface area contributed by atoms with Gasteiger partial charge in [0.1, 0.15) is 11.6 Å². The normalized spacial score (nSPS) is 12.8. The Hall–Kier alpha value is -5.14. The number of nitrogens with zero attached hydrogens (tertiary/aromatic N) is 2. The van der Waals surface area contributed by atoms with E-state index in [4.69, 9.17) is 9.72 Å². The third-order valence-electron chi connectivity index (χ3n) is 9.16. The molecule has 0 saturated carbocycles. The minimum atomic E-state index is -0.908. The lowest BCUT2D eigenvalue weighted by Crippen LogP contribution is -2.46. The summed E-state index contributed by atoms with van der Waals surface area (Å²) in [4.78, 5) is 32.2. The Morgan fingerprint density at radius 1 is 0.760 bits per heavy atom. The number of hydrogen-bond acceptors (Lipinski definition) is 5. The molecule has 0 aliphatic heterocycles. The number of amides is 1. The molecule has 0 saturated heterocycles. The maximum absolute atomic E-state index is 14.1. The fraction of sp³-hybridized carbons (Fsp3) is 0.233. The smallest absolute Gasteiger partial charge is 0.328 e. The lowest BCUT2D eigenvalue weighted by molar-refractivity contribution is -0.145. The van der Waals surface area contributed by atoms with Gasteiger partial charge in [-0.25, -0.2) is 9.78 Å². The number of imidazole rings is 1. The topological polar surface area (TPSA) is 73.2 Å². The summed E-state index contributed by atoms with van der Waals surface area (Å²) in [7, 11) is 1.35. The van der Waals surface area contributed by atoms with Crippen molar-refractivity contribution in [3.8, 4) is 0 Å². The summed E-state index contributed by atoms with van der Waals surface area (Å²) < 4.78 is 7.34. The average Bonchev–Trinajstić information content (AvgIpc) is 3.62. The highest BCUT2D eigenvalue weighted by Crippen LogP contribution is 2.40. The molecular weight excluding hydrogens is 639 g/mol. The molecule has 5 aromatic carbocycles. The zero-order valence-corrected chi connectivity index (χ0v) is 29.6. The summed E-state index contributed by atoms with van der Waals surface area (Å²) in [6, 6.07) is 44.6. The van der Waals surface area contributed by atoms with E-state index in [0.717, 1.165) is 33.0 Å².